The summed E-state index contributed by atoms with van der Waals surface area (Å²) in [7, 11) is 0. The zero-order chi connectivity index (χ0) is 26.5. The normalized spacial score (nSPS) is 11.1. The molecule has 0 bridgehead atoms. The number of halogens is 3. The number of nitrogens with one attached hydrogen (secondary N) is 1. The number of nitro benzene ring substituents is 1. The Morgan fingerprint density at radius 3 is 2.68 bits per heavy atom. The highest BCUT2D eigenvalue weighted by Gasteiger charge is 2.15. The van der Waals surface area contributed by atoms with E-state index in [1.807, 2.05) is 19.1 Å². The van der Waals surface area contributed by atoms with Crippen molar-refractivity contribution in [2.24, 2.45) is 5.10 Å². The zero-order valence-corrected chi connectivity index (χ0v) is 22.8. The van der Waals surface area contributed by atoms with Crippen LogP contribution in [0, 0.1) is 13.7 Å². The van der Waals surface area contributed by atoms with Gasteiger partial charge in [-0.05, 0) is 77.0 Å². The van der Waals surface area contributed by atoms with Crippen LogP contribution in [0.4, 0.5) is 5.69 Å². The highest BCUT2D eigenvalue weighted by Crippen LogP contribution is 2.35. The lowest BCUT2D eigenvalue weighted by atomic mass is 10.2. The molecule has 190 valence electrons. The summed E-state index contributed by atoms with van der Waals surface area (Å²) in [5.74, 6) is 0.451. The monoisotopic (exact) mass is 653 g/mol. The van der Waals surface area contributed by atoms with Crippen LogP contribution in [0.15, 0.2) is 64.1 Å². The van der Waals surface area contributed by atoms with Gasteiger partial charge in [-0.3, -0.25) is 14.9 Å². The van der Waals surface area contributed by atoms with Crippen LogP contribution in [0.25, 0.3) is 11.0 Å². The van der Waals surface area contributed by atoms with Crippen molar-refractivity contribution in [3.8, 4) is 11.5 Å². The summed E-state index contributed by atoms with van der Waals surface area (Å²) in [5, 5.41) is 16.3. The standard InChI is InChI=1S/C25H18Cl2IN3O6/c1-2-35-22-9-15(8-20(28)24(22)36-13-14-3-5-18(26)19(27)7-14)12-29-30-25(32)23-11-16-10-17(31(33)34)4-6-21(16)37-23/h3-12H,2,13H2,1H3,(H,30,32)/b29-12+. The first kappa shape index (κ1) is 26.7. The molecule has 0 atom stereocenters. The first-order valence-electron chi connectivity index (χ1n) is 10.8. The molecule has 4 aromatic rings. The summed E-state index contributed by atoms with van der Waals surface area (Å²) < 4.78 is 18.0. The number of ether oxygens (including phenoxy) is 2. The molecule has 37 heavy (non-hydrogen) atoms. The number of carbonyl (C=O) groups is 1. The van der Waals surface area contributed by atoms with Crippen LogP contribution in [-0.2, 0) is 6.61 Å². The van der Waals surface area contributed by atoms with Crippen LogP contribution in [0.2, 0.25) is 10.0 Å². The molecule has 0 spiro atoms. The molecule has 0 fully saturated rings. The molecule has 0 aliphatic heterocycles. The molecule has 0 radical (unpaired) electrons. The van der Waals surface area contributed by atoms with Crippen LogP contribution < -0.4 is 14.9 Å². The first-order chi connectivity index (χ1) is 17.7. The van der Waals surface area contributed by atoms with Crippen LogP contribution in [0.1, 0.15) is 28.6 Å². The van der Waals surface area contributed by atoms with Gasteiger partial charge >= 0.3 is 5.91 Å². The number of carbonyl (C=O) groups excluding carboxylic acids is 1. The fraction of sp³-hybridized carbons (Fsp3) is 0.120. The Morgan fingerprint density at radius 1 is 1.14 bits per heavy atom. The molecule has 9 nitrogen and oxygen atoms in total. The third-order valence-electron chi connectivity index (χ3n) is 5.01. The van der Waals surface area contributed by atoms with E-state index in [2.05, 4.69) is 33.1 Å². The molecule has 4 rings (SSSR count). The number of amides is 1. The quantitative estimate of drug-likeness (QED) is 0.0900. The van der Waals surface area contributed by atoms with Gasteiger partial charge in [-0.25, -0.2) is 5.43 Å². The van der Waals surface area contributed by atoms with Gasteiger partial charge in [0.2, 0.25) is 0 Å². The van der Waals surface area contributed by atoms with Gasteiger partial charge in [-0.15, -0.1) is 0 Å². The minimum Gasteiger partial charge on any atom is -0.490 e. The highest BCUT2D eigenvalue weighted by atomic mass is 127. The number of rotatable bonds is 9. The Kier molecular flexibility index (Phi) is 8.52. The van der Waals surface area contributed by atoms with E-state index in [1.54, 1.807) is 18.2 Å². The Balaban J connectivity index is 1.46. The number of nitro groups is 1. The van der Waals surface area contributed by atoms with E-state index in [0.717, 1.165) is 9.13 Å². The molecule has 0 saturated heterocycles. The predicted octanol–water partition coefficient (Wildman–Crippen LogP) is 6.99. The summed E-state index contributed by atoms with van der Waals surface area (Å²) in [6.45, 7) is 2.54. The fourth-order valence-corrected chi connectivity index (χ4v) is 4.43. The van der Waals surface area contributed by atoms with Crippen molar-refractivity contribution in [3.63, 3.8) is 0 Å². The second-order valence-electron chi connectivity index (χ2n) is 7.59. The summed E-state index contributed by atoms with van der Waals surface area (Å²) >= 11 is 14.2. The van der Waals surface area contributed by atoms with Gasteiger partial charge in [0.05, 0.1) is 31.4 Å². The minimum absolute atomic E-state index is 0.0247. The van der Waals surface area contributed by atoms with Crippen LogP contribution in [0.3, 0.4) is 0 Å². The van der Waals surface area contributed by atoms with Gasteiger partial charge in [0, 0.05) is 17.5 Å². The summed E-state index contributed by atoms with van der Waals surface area (Å²) in [4.78, 5) is 22.9. The van der Waals surface area contributed by atoms with Gasteiger partial charge in [0.1, 0.15) is 12.2 Å². The maximum absolute atomic E-state index is 12.5. The van der Waals surface area contributed by atoms with E-state index in [9.17, 15) is 14.9 Å². The average molecular weight is 654 g/mol. The number of hydrogen-bond donors (Lipinski definition) is 1. The van der Waals surface area contributed by atoms with Crippen LogP contribution >= 0.6 is 45.8 Å². The van der Waals surface area contributed by atoms with E-state index >= 15 is 0 Å². The van der Waals surface area contributed by atoms with Gasteiger partial charge in [0.25, 0.3) is 5.69 Å². The van der Waals surface area contributed by atoms with E-state index in [1.165, 1.54) is 30.5 Å². The zero-order valence-electron chi connectivity index (χ0n) is 19.2. The number of nitrogens with zero attached hydrogens (tertiary/aromatic N) is 2. The number of non-ortho nitro benzene ring substituents is 1. The largest absolute Gasteiger partial charge is 0.490 e. The van der Waals surface area contributed by atoms with Crippen molar-refractivity contribution >= 4 is 74.6 Å². The number of hydrogen-bond acceptors (Lipinski definition) is 7. The molecule has 0 aliphatic rings. The van der Waals surface area contributed by atoms with Crippen molar-refractivity contribution in [1.29, 1.82) is 0 Å². The van der Waals surface area contributed by atoms with Gasteiger partial charge < -0.3 is 13.9 Å². The van der Waals surface area contributed by atoms with Crippen molar-refractivity contribution in [2.75, 3.05) is 6.61 Å². The number of fused-ring (bicyclic) bond motifs is 1. The average Bonchev–Trinajstić information content (AvgIpc) is 3.29. The molecule has 1 amide bonds. The smallest absolute Gasteiger partial charge is 0.307 e. The molecule has 3 aromatic carbocycles. The lowest BCUT2D eigenvalue weighted by Crippen LogP contribution is -2.16. The number of furan rings is 1. The fourth-order valence-electron chi connectivity index (χ4n) is 3.33. The Bertz CT molecular complexity index is 1520. The van der Waals surface area contributed by atoms with Crippen LogP contribution in [0.5, 0.6) is 11.5 Å². The van der Waals surface area contributed by atoms with Crippen molar-refractivity contribution < 1.29 is 23.6 Å². The van der Waals surface area contributed by atoms with E-state index < -0.39 is 10.8 Å². The van der Waals surface area contributed by atoms with Crippen molar-refractivity contribution in [3.05, 3.63) is 95.2 Å². The van der Waals surface area contributed by atoms with E-state index in [-0.39, 0.29) is 18.1 Å². The number of hydrazone groups is 1. The third-order valence-corrected chi connectivity index (χ3v) is 6.55. The molecule has 0 saturated carbocycles. The SMILES string of the molecule is CCOc1cc(/C=N/NC(=O)c2cc3cc([N+](=O)[O-])ccc3o2)cc(I)c1OCc1ccc(Cl)c(Cl)c1. The Hall–Kier alpha value is -3.35. The Morgan fingerprint density at radius 2 is 1.95 bits per heavy atom. The molecule has 0 unspecified atom stereocenters. The molecule has 12 heteroatoms. The Labute approximate surface area is 234 Å². The predicted molar refractivity (Wildman–Crippen MR) is 149 cm³/mol. The highest BCUT2D eigenvalue weighted by molar-refractivity contribution is 14.1. The molecule has 1 N–H and O–H groups in total. The first-order valence-corrected chi connectivity index (χ1v) is 12.6. The van der Waals surface area contributed by atoms with Gasteiger partial charge in [-0.1, -0.05) is 29.3 Å². The minimum atomic E-state index is -0.601. The third kappa shape index (κ3) is 6.51. The van der Waals surface area contributed by atoms with Crippen molar-refractivity contribution in [1.82, 2.24) is 5.43 Å². The van der Waals surface area contributed by atoms with Crippen molar-refractivity contribution in [2.45, 2.75) is 13.5 Å². The van der Waals surface area contributed by atoms with E-state index in [0.29, 0.717) is 44.7 Å². The summed E-state index contributed by atoms with van der Waals surface area (Å²) in [6.07, 6.45) is 1.46. The second-order valence-corrected chi connectivity index (χ2v) is 9.57. The maximum Gasteiger partial charge on any atom is 0.307 e. The topological polar surface area (TPSA) is 116 Å². The molecular weight excluding hydrogens is 636 g/mol. The van der Waals surface area contributed by atoms with E-state index in [4.69, 9.17) is 37.1 Å². The van der Waals surface area contributed by atoms with Crippen LogP contribution in [-0.4, -0.2) is 23.7 Å². The lowest BCUT2D eigenvalue weighted by Gasteiger charge is -2.15. The molecule has 1 aromatic heterocycles. The molecule has 0 aliphatic carbocycles. The number of benzene rings is 3. The molecular formula is C25H18Cl2IN3O6. The summed E-state index contributed by atoms with van der Waals surface area (Å²) in [5.41, 5.74) is 4.16. The van der Waals surface area contributed by atoms with Gasteiger partial charge in [-0.2, -0.15) is 5.10 Å². The summed E-state index contributed by atoms with van der Waals surface area (Å²) in [6, 6.07) is 14.3. The second kappa shape index (κ2) is 11.8. The van der Waals surface area contributed by atoms with Gasteiger partial charge in [0.15, 0.2) is 17.3 Å². The maximum atomic E-state index is 12.5. The lowest BCUT2D eigenvalue weighted by molar-refractivity contribution is -0.384. The molecule has 1 heterocycles.